The van der Waals surface area contributed by atoms with Crippen molar-refractivity contribution in [3.8, 4) is 11.5 Å². The van der Waals surface area contributed by atoms with Gasteiger partial charge in [-0.3, -0.25) is 0 Å². The zero-order valence-electron chi connectivity index (χ0n) is 14.7. The second-order valence-corrected chi connectivity index (χ2v) is 5.96. The predicted molar refractivity (Wildman–Crippen MR) is 98.2 cm³/mol. The number of phenolic OH excluding ortho intramolecular Hbond substituents is 2. The van der Waals surface area contributed by atoms with Crippen molar-refractivity contribution in [1.29, 1.82) is 0 Å². The van der Waals surface area contributed by atoms with Gasteiger partial charge in [-0.1, -0.05) is 12.1 Å². The molecule has 2 aromatic carbocycles. The quantitative estimate of drug-likeness (QED) is 0.759. The van der Waals surface area contributed by atoms with Crippen LogP contribution in [0.1, 0.15) is 31.1 Å². The second kappa shape index (κ2) is 7.45. The van der Waals surface area contributed by atoms with E-state index in [1.165, 1.54) is 0 Å². The lowest BCUT2D eigenvalue weighted by Gasteiger charge is -2.23. The lowest BCUT2D eigenvalue weighted by atomic mass is 9.98. The molecule has 0 aliphatic rings. The first kappa shape index (κ1) is 17.9. The fourth-order valence-corrected chi connectivity index (χ4v) is 2.76. The van der Waals surface area contributed by atoms with Gasteiger partial charge in [0, 0.05) is 61.8 Å². The molecule has 2 rings (SSSR count). The largest absolute Gasteiger partial charge is 0.507 e. The molecule has 130 valence electrons. The average Bonchev–Trinajstić information content (AvgIpc) is 2.55. The third-order valence-corrected chi connectivity index (χ3v) is 4.26. The van der Waals surface area contributed by atoms with E-state index in [4.69, 9.17) is 0 Å². The summed E-state index contributed by atoms with van der Waals surface area (Å²) in [7, 11) is 3.76. The molecule has 0 bridgehead atoms. The van der Waals surface area contributed by atoms with E-state index in [-0.39, 0.29) is 11.5 Å². The Balaban J connectivity index is 2.34. The molecule has 24 heavy (non-hydrogen) atoms. The molecule has 2 aromatic rings. The normalized spacial score (nSPS) is 12.0. The van der Waals surface area contributed by atoms with Crippen LogP contribution < -0.4 is 9.80 Å². The van der Waals surface area contributed by atoms with Crippen LogP contribution in [0.2, 0.25) is 0 Å². The average molecular weight is 330 g/mol. The summed E-state index contributed by atoms with van der Waals surface area (Å²) in [5.41, 5.74) is 2.48. The number of phenols is 2. The molecule has 0 amide bonds. The number of aromatic hydroxyl groups is 2. The fraction of sp³-hybridized carbons (Fsp3) is 0.368. The Kier molecular flexibility index (Phi) is 5.57. The van der Waals surface area contributed by atoms with E-state index in [9.17, 15) is 15.3 Å². The van der Waals surface area contributed by atoms with Crippen LogP contribution >= 0.6 is 0 Å². The van der Waals surface area contributed by atoms with Gasteiger partial charge in [-0.15, -0.1) is 0 Å². The molecule has 0 aromatic heterocycles. The molecule has 0 saturated carbocycles. The fourth-order valence-electron chi connectivity index (χ4n) is 2.76. The summed E-state index contributed by atoms with van der Waals surface area (Å²) < 4.78 is 0. The molecule has 0 heterocycles. The second-order valence-electron chi connectivity index (χ2n) is 5.96. The van der Waals surface area contributed by atoms with E-state index in [0.717, 1.165) is 24.5 Å². The van der Waals surface area contributed by atoms with Crippen molar-refractivity contribution in [2.45, 2.75) is 20.0 Å². The van der Waals surface area contributed by atoms with Gasteiger partial charge < -0.3 is 25.1 Å². The van der Waals surface area contributed by atoms with Crippen LogP contribution in [0.15, 0.2) is 36.4 Å². The lowest BCUT2D eigenvalue weighted by molar-refractivity contribution is 0.211. The SMILES string of the molecule is CCN(CC)c1ccc(C(O)c2ccc(N(C)C)cc2O)c(O)c1. The van der Waals surface area contributed by atoms with Crippen molar-refractivity contribution in [3.05, 3.63) is 47.5 Å². The van der Waals surface area contributed by atoms with Crippen LogP contribution in [0, 0.1) is 0 Å². The van der Waals surface area contributed by atoms with Crippen molar-refractivity contribution in [2.75, 3.05) is 37.0 Å². The van der Waals surface area contributed by atoms with Gasteiger partial charge in [-0.2, -0.15) is 0 Å². The maximum absolute atomic E-state index is 10.6. The summed E-state index contributed by atoms with van der Waals surface area (Å²) >= 11 is 0. The summed E-state index contributed by atoms with van der Waals surface area (Å²) in [5, 5.41) is 31.1. The summed E-state index contributed by atoms with van der Waals surface area (Å²) in [6.07, 6.45) is -1.09. The Labute approximate surface area is 143 Å². The highest BCUT2D eigenvalue weighted by Gasteiger charge is 2.19. The lowest BCUT2D eigenvalue weighted by Crippen LogP contribution is -2.21. The Morgan fingerprint density at radius 3 is 1.71 bits per heavy atom. The third-order valence-electron chi connectivity index (χ3n) is 4.26. The minimum Gasteiger partial charge on any atom is -0.507 e. The maximum Gasteiger partial charge on any atom is 0.123 e. The van der Waals surface area contributed by atoms with Crippen molar-refractivity contribution in [3.63, 3.8) is 0 Å². The van der Waals surface area contributed by atoms with E-state index >= 15 is 0 Å². The summed E-state index contributed by atoms with van der Waals surface area (Å²) in [5.74, 6) is 0.0175. The first-order chi connectivity index (χ1) is 11.4. The summed E-state index contributed by atoms with van der Waals surface area (Å²) in [4.78, 5) is 3.98. The van der Waals surface area contributed by atoms with Gasteiger partial charge in [0.05, 0.1) is 0 Å². The monoisotopic (exact) mass is 330 g/mol. The Hall–Kier alpha value is -2.40. The molecule has 5 heteroatoms. The van der Waals surface area contributed by atoms with Crippen molar-refractivity contribution in [1.82, 2.24) is 0 Å². The van der Waals surface area contributed by atoms with E-state index < -0.39 is 6.10 Å². The van der Waals surface area contributed by atoms with E-state index in [2.05, 4.69) is 4.90 Å². The molecule has 0 aliphatic carbocycles. The van der Waals surface area contributed by atoms with Gasteiger partial charge in [-0.05, 0) is 26.0 Å². The van der Waals surface area contributed by atoms with Gasteiger partial charge in [0.15, 0.2) is 0 Å². The van der Waals surface area contributed by atoms with E-state index in [1.807, 2.05) is 45.0 Å². The number of anilines is 2. The number of aliphatic hydroxyl groups is 1. The Morgan fingerprint density at radius 1 is 0.833 bits per heavy atom. The molecule has 0 spiro atoms. The number of nitrogens with zero attached hydrogens (tertiary/aromatic N) is 2. The third kappa shape index (κ3) is 3.57. The molecule has 1 unspecified atom stereocenters. The number of benzene rings is 2. The maximum atomic E-state index is 10.6. The molecule has 0 radical (unpaired) electrons. The zero-order chi connectivity index (χ0) is 17.9. The molecule has 3 N–H and O–H groups in total. The predicted octanol–water partition coefficient (Wildman–Crippen LogP) is 3.09. The van der Waals surface area contributed by atoms with Gasteiger partial charge in [0.1, 0.15) is 17.6 Å². The number of aliphatic hydroxyl groups excluding tert-OH is 1. The van der Waals surface area contributed by atoms with Crippen LogP contribution in [-0.2, 0) is 0 Å². The number of rotatable bonds is 6. The topological polar surface area (TPSA) is 67.2 Å². The smallest absolute Gasteiger partial charge is 0.123 e. The minimum atomic E-state index is -1.09. The molecule has 5 nitrogen and oxygen atoms in total. The van der Waals surface area contributed by atoms with Crippen molar-refractivity contribution in [2.24, 2.45) is 0 Å². The Morgan fingerprint density at radius 2 is 1.29 bits per heavy atom. The number of hydrogen-bond acceptors (Lipinski definition) is 5. The van der Waals surface area contributed by atoms with Gasteiger partial charge in [0.25, 0.3) is 0 Å². The molecule has 0 fully saturated rings. The van der Waals surface area contributed by atoms with Gasteiger partial charge in [-0.25, -0.2) is 0 Å². The minimum absolute atomic E-state index is 0.000851. The van der Waals surface area contributed by atoms with E-state index in [1.54, 1.807) is 24.3 Å². The molecule has 0 aliphatic heterocycles. The van der Waals surface area contributed by atoms with Crippen LogP contribution in [0.3, 0.4) is 0 Å². The highest BCUT2D eigenvalue weighted by Crippen LogP contribution is 2.37. The highest BCUT2D eigenvalue weighted by molar-refractivity contribution is 5.58. The molecule has 0 saturated heterocycles. The van der Waals surface area contributed by atoms with Crippen molar-refractivity contribution < 1.29 is 15.3 Å². The summed E-state index contributed by atoms with van der Waals surface area (Å²) in [6, 6.07) is 10.3. The van der Waals surface area contributed by atoms with Crippen LogP contribution in [0.5, 0.6) is 11.5 Å². The standard InChI is InChI=1S/C19H26N2O3/c1-5-21(6-2)14-8-10-16(18(23)12-14)19(24)15-9-7-13(20(3)4)11-17(15)22/h7-12,19,22-24H,5-6H2,1-4H3. The van der Waals surface area contributed by atoms with Crippen LogP contribution in [0.25, 0.3) is 0 Å². The molecule has 1 atom stereocenters. The summed E-state index contributed by atoms with van der Waals surface area (Å²) in [6.45, 7) is 5.77. The zero-order valence-corrected chi connectivity index (χ0v) is 14.7. The van der Waals surface area contributed by atoms with Gasteiger partial charge in [0.2, 0.25) is 0 Å². The van der Waals surface area contributed by atoms with Crippen LogP contribution in [0.4, 0.5) is 11.4 Å². The van der Waals surface area contributed by atoms with E-state index in [0.29, 0.717) is 11.1 Å². The first-order valence-electron chi connectivity index (χ1n) is 8.15. The molecular formula is C19H26N2O3. The molecular weight excluding hydrogens is 304 g/mol. The van der Waals surface area contributed by atoms with Crippen molar-refractivity contribution >= 4 is 11.4 Å². The van der Waals surface area contributed by atoms with Gasteiger partial charge >= 0.3 is 0 Å². The highest BCUT2D eigenvalue weighted by atomic mass is 16.3. The van der Waals surface area contributed by atoms with Crippen LogP contribution in [-0.4, -0.2) is 42.5 Å². The first-order valence-corrected chi connectivity index (χ1v) is 8.15. The Bertz CT molecular complexity index is 697. The number of hydrogen-bond donors (Lipinski definition) is 3.